The van der Waals surface area contributed by atoms with Crippen LogP contribution in [-0.2, 0) is 4.79 Å². The summed E-state index contributed by atoms with van der Waals surface area (Å²) in [6.45, 7) is 5.65. The quantitative estimate of drug-likeness (QED) is 0.728. The molecule has 7 heteroatoms. The Bertz CT molecular complexity index is 804. The molecule has 2 unspecified atom stereocenters. The standard InChI is InChI=1S/C22H26FN3OS.ClH/c23-19-8-4-5-9-20(19)28-21(17-6-2-1-3-7-17)22(27)26-13-10-18(16-26)25-14-11-24-12-15-25;/h1-9,18,21,24H,10-16H2;1H. The Balaban J connectivity index is 0.00000240. The number of nitrogens with zero attached hydrogens (tertiary/aromatic N) is 2. The maximum atomic E-state index is 14.3. The van der Waals surface area contributed by atoms with Crippen LogP contribution < -0.4 is 5.32 Å². The molecule has 1 N–H and O–H groups in total. The number of thioether (sulfide) groups is 1. The molecule has 2 heterocycles. The fourth-order valence-electron chi connectivity index (χ4n) is 4.01. The molecule has 1 amide bonds. The molecule has 2 aromatic rings. The van der Waals surface area contributed by atoms with E-state index < -0.39 is 5.25 Å². The monoisotopic (exact) mass is 435 g/mol. The Morgan fingerprint density at radius 1 is 1.03 bits per heavy atom. The summed E-state index contributed by atoms with van der Waals surface area (Å²) in [6.07, 6.45) is 1.01. The fraction of sp³-hybridized carbons (Fsp3) is 0.409. The molecule has 4 nitrogen and oxygen atoms in total. The number of carbonyl (C=O) groups is 1. The topological polar surface area (TPSA) is 35.6 Å². The lowest BCUT2D eigenvalue weighted by atomic mass is 10.1. The van der Waals surface area contributed by atoms with Crippen LogP contribution in [0.4, 0.5) is 4.39 Å². The first-order valence-corrected chi connectivity index (χ1v) is 10.8. The van der Waals surface area contributed by atoms with E-state index in [1.54, 1.807) is 12.1 Å². The lowest BCUT2D eigenvalue weighted by Crippen LogP contribution is -2.49. The summed E-state index contributed by atoms with van der Waals surface area (Å²) in [5.74, 6) is -0.196. The van der Waals surface area contributed by atoms with E-state index in [0.29, 0.717) is 10.9 Å². The first-order chi connectivity index (χ1) is 13.7. The van der Waals surface area contributed by atoms with E-state index >= 15 is 0 Å². The highest BCUT2D eigenvalue weighted by atomic mass is 35.5. The average Bonchev–Trinajstić information content (AvgIpc) is 3.24. The molecule has 2 aliphatic heterocycles. The number of nitrogens with one attached hydrogen (secondary N) is 1. The lowest BCUT2D eigenvalue weighted by Gasteiger charge is -2.32. The lowest BCUT2D eigenvalue weighted by molar-refractivity contribution is -0.129. The Labute approximate surface area is 182 Å². The van der Waals surface area contributed by atoms with Crippen LogP contribution in [-0.4, -0.2) is 61.0 Å². The summed E-state index contributed by atoms with van der Waals surface area (Å²) in [5.41, 5.74) is 0.923. The molecule has 29 heavy (non-hydrogen) atoms. The first-order valence-electron chi connectivity index (χ1n) is 9.92. The molecule has 0 radical (unpaired) electrons. The minimum Gasteiger partial charge on any atom is -0.340 e. The van der Waals surface area contributed by atoms with Crippen molar-refractivity contribution in [1.29, 1.82) is 0 Å². The second-order valence-electron chi connectivity index (χ2n) is 7.35. The van der Waals surface area contributed by atoms with Crippen LogP contribution in [0.25, 0.3) is 0 Å². The Hall–Kier alpha value is -1.60. The van der Waals surface area contributed by atoms with E-state index in [0.717, 1.165) is 51.3 Å². The van der Waals surface area contributed by atoms with Crippen LogP contribution in [0.15, 0.2) is 59.5 Å². The number of carbonyl (C=O) groups excluding carboxylic acids is 1. The minimum atomic E-state index is -0.431. The number of benzene rings is 2. The highest BCUT2D eigenvalue weighted by Gasteiger charge is 2.35. The van der Waals surface area contributed by atoms with Crippen LogP contribution in [0.3, 0.4) is 0 Å². The zero-order valence-corrected chi connectivity index (χ0v) is 17.9. The molecule has 2 atom stereocenters. The largest absolute Gasteiger partial charge is 0.340 e. The Morgan fingerprint density at radius 3 is 2.45 bits per heavy atom. The third-order valence-electron chi connectivity index (χ3n) is 5.55. The van der Waals surface area contributed by atoms with Gasteiger partial charge in [0.2, 0.25) is 5.91 Å². The van der Waals surface area contributed by atoms with Crippen molar-refractivity contribution in [2.45, 2.75) is 22.6 Å². The molecule has 0 spiro atoms. The minimum absolute atomic E-state index is 0. The number of likely N-dealkylation sites (tertiary alicyclic amines) is 1. The van der Waals surface area contributed by atoms with E-state index in [2.05, 4.69) is 10.2 Å². The van der Waals surface area contributed by atoms with Crippen molar-refractivity contribution in [3.05, 3.63) is 66.0 Å². The first kappa shape index (κ1) is 22.1. The predicted molar refractivity (Wildman–Crippen MR) is 118 cm³/mol. The highest BCUT2D eigenvalue weighted by molar-refractivity contribution is 8.00. The zero-order valence-electron chi connectivity index (χ0n) is 16.3. The van der Waals surface area contributed by atoms with Crippen molar-refractivity contribution >= 4 is 30.1 Å². The molecular formula is C22H27ClFN3OS. The van der Waals surface area contributed by atoms with Gasteiger partial charge in [-0.05, 0) is 24.1 Å². The Morgan fingerprint density at radius 2 is 1.72 bits per heavy atom. The van der Waals surface area contributed by atoms with Gasteiger partial charge in [0.05, 0.1) is 0 Å². The van der Waals surface area contributed by atoms with Crippen molar-refractivity contribution in [3.63, 3.8) is 0 Å². The molecule has 2 fully saturated rings. The van der Waals surface area contributed by atoms with Crippen molar-refractivity contribution in [3.8, 4) is 0 Å². The van der Waals surface area contributed by atoms with E-state index in [9.17, 15) is 9.18 Å². The maximum Gasteiger partial charge on any atom is 0.240 e. The van der Waals surface area contributed by atoms with Gasteiger partial charge in [0, 0.05) is 50.2 Å². The second kappa shape index (κ2) is 10.4. The number of hydrogen-bond acceptors (Lipinski definition) is 4. The van der Waals surface area contributed by atoms with Crippen LogP contribution in [0.2, 0.25) is 0 Å². The molecule has 2 saturated heterocycles. The molecule has 0 bridgehead atoms. The summed E-state index contributed by atoms with van der Waals surface area (Å²) < 4.78 is 14.3. The summed E-state index contributed by atoms with van der Waals surface area (Å²) in [6, 6.07) is 16.8. The van der Waals surface area contributed by atoms with Gasteiger partial charge in [0.1, 0.15) is 11.1 Å². The number of halogens is 2. The van der Waals surface area contributed by atoms with E-state index in [1.165, 1.54) is 17.8 Å². The highest BCUT2D eigenvalue weighted by Crippen LogP contribution is 2.38. The van der Waals surface area contributed by atoms with Gasteiger partial charge >= 0.3 is 0 Å². The van der Waals surface area contributed by atoms with E-state index in [1.807, 2.05) is 41.3 Å². The summed E-state index contributed by atoms with van der Waals surface area (Å²) >= 11 is 1.31. The zero-order chi connectivity index (χ0) is 19.3. The van der Waals surface area contributed by atoms with Crippen molar-refractivity contribution < 1.29 is 9.18 Å². The third-order valence-corrected chi connectivity index (χ3v) is 6.85. The molecule has 2 aliphatic rings. The molecule has 0 aliphatic carbocycles. The number of piperazine rings is 1. The van der Waals surface area contributed by atoms with Gasteiger partial charge in [-0.3, -0.25) is 9.69 Å². The molecule has 156 valence electrons. The van der Waals surface area contributed by atoms with Gasteiger partial charge in [-0.15, -0.1) is 24.2 Å². The third kappa shape index (κ3) is 5.31. The van der Waals surface area contributed by atoms with Gasteiger partial charge in [0.15, 0.2) is 0 Å². The summed E-state index contributed by atoms with van der Waals surface area (Å²) in [4.78, 5) is 18.4. The van der Waals surface area contributed by atoms with Crippen LogP contribution in [0.1, 0.15) is 17.2 Å². The smallest absolute Gasteiger partial charge is 0.240 e. The number of rotatable bonds is 5. The SMILES string of the molecule is Cl.O=C(C(Sc1ccccc1F)c1ccccc1)N1CCC(N2CCNCC2)C1. The summed E-state index contributed by atoms with van der Waals surface area (Å²) in [5, 5.41) is 2.95. The number of hydrogen-bond donors (Lipinski definition) is 1. The van der Waals surface area contributed by atoms with E-state index in [-0.39, 0.29) is 24.1 Å². The molecule has 0 saturated carbocycles. The van der Waals surface area contributed by atoms with Crippen LogP contribution in [0.5, 0.6) is 0 Å². The van der Waals surface area contributed by atoms with Gasteiger partial charge < -0.3 is 10.2 Å². The fourth-order valence-corrected chi connectivity index (χ4v) is 5.14. The maximum absolute atomic E-state index is 14.3. The van der Waals surface area contributed by atoms with Crippen molar-refractivity contribution in [2.75, 3.05) is 39.3 Å². The summed E-state index contributed by atoms with van der Waals surface area (Å²) in [7, 11) is 0. The van der Waals surface area contributed by atoms with Crippen LogP contribution in [0, 0.1) is 5.82 Å². The molecule has 2 aromatic carbocycles. The van der Waals surface area contributed by atoms with Crippen LogP contribution >= 0.6 is 24.2 Å². The van der Waals surface area contributed by atoms with Gasteiger partial charge in [-0.2, -0.15) is 0 Å². The molecule has 0 aromatic heterocycles. The van der Waals surface area contributed by atoms with Crippen molar-refractivity contribution in [2.24, 2.45) is 0 Å². The van der Waals surface area contributed by atoms with Gasteiger partial charge in [-0.25, -0.2) is 4.39 Å². The average molecular weight is 436 g/mol. The van der Waals surface area contributed by atoms with Gasteiger partial charge in [0.25, 0.3) is 0 Å². The predicted octanol–water partition coefficient (Wildman–Crippen LogP) is 3.59. The Kier molecular flexibility index (Phi) is 7.95. The number of amides is 1. The van der Waals surface area contributed by atoms with Gasteiger partial charge in [-0.1, -0.05) is 42.5 Å². The normalized spacial score (nSPS) is 20.9. The van der Waals surface area contributed by atoms with Crippen molar-refractivity contribution in [1.82, 2.24) is 15.1 Å². The van der Waals surface area contributed by atoms with E-state index in [4.69, 9.17) is 0 Å². The molecule has 4 rings (SSSR count). The molecular weight excluding hydrogens is 409 g/mol. The second-order valence-corrected chi connectivity index (χ2v) is 8.50.